The first-order valence-electron chi connectivity index (χ1n) is 8.79. The normalized spacial score (nSPS) is 10.7. The topological polar surface area (TPSA) is 96.8 Å². The van der Waals surface area contributed by atoms with Crippen LogP contribution in [-0.4, -0.2) is 53.8 Å². The number of anilines is 1. The Bertz CT molecular complexity index is 897. The average Bonchev–Trinajstić information content (AvgIpc) is 2.76. The second kappa shape index (κ2) is 11.4. The molecule has 2 aromatic rings. The van der Waals surface area contributed by atoms with Gasteiger partial charge in [0, 0.05) is 23.4 Å². The van der Waals surface area contributed by atoms with Crippen molar-refractivity contribution in [3.63, 3.8) is 0 Å². The van der Waals surface area contributed by atoms with Crippen molar-refractivity contribution in [2.45, 2.75) is 6.61 Å². The molecule has 0 aromatic heterocycles. The van der Waals surface area contributed by atoms with Crippen LogP contribution in [0.2, 0.25) is 0 Å². The summed E-state index contributed by atoms with van der Waals surface area (Å²) in [6, 6.07) is 7.35. The van der Waals surface area contributed by atoms with Crippen molar-refractivity contribution >= 4 is 17.8 Å². The third kappa shape index (κ3) is 6.63. The summed E-state index contributed by atoms with van der Waals surface area (Å²) in [5.41, 5.74) is 0.898. The highest BCUT2D eigenvalue weighted by molar-refractivity contribution is 5.92. The molecule has 0 saturated heterocycles. The fraction of sp³-hybridized carbons (Fsp3) is 0.300. The molecule has 9 nitrogen and oxygen atoms in total. The van der Waals surface area contributed by atoms with Crippen molar-refractivity contribution in [2.75, 3.05) is 40.4 Å². The van der Waals surface area contributed by atoms with Gasteiger partial charge in [-0.05, 0) is 18.2 Å². The molecule has 11 heteroatoms. The molecular formula is C20H22F2N2O7. The number of hydrogen-bond acceptors (Lipinski definition) is 8. The lowest BCUT2D eigenvalue weighted by atomic mass is 10.2. The summed E-state index contributed by atoms with van der Waals surface area (Å²) in [4.78, 5) is 17.1. The summed E-state index contributed by atoms with van der Waals surface area (Å²) in [7, 11) is 5.71. The van der Waals surface area contributed by atoms with Gasteiger partial charge in [-0.1, -0.05) is 5.16 Å². The molecule has 0 aliphatic rings. The summed E-state index contributed by atoms with van der Waals surface area (Å²) in [5, 5.41) is 6.31. The van der Waals surface area contributed by atoms with Gasteiger partial charge in [0.25, 0.3) is 5.91 Å². The number of carbonyl (C=O) groups is 1. The zero-order chi connectivity index (χ0) is 22.8. The molecule has 0 heterocycles. The van der Waals surface area contributed by atoms with Crippen molar-refractivity contribution in [1.82, 2.24) is 0 Å². The number of amides is 1. The molecule has 0 fully saturated rings. The highest BCUT2D eigenvalue weighted by Gasteiger charge is 2.15. The van der Waals surface area contributed by atoms with Crippen LogP contribution in [0.3, 0.4) is 0 Å². The number of benzene rings is 2. The van der Waals surface area contributed by atoms with E-state index in [9.17, 15) is 13.6 Å². The van der Waals surface area contributed by atoms with Gasteiger partial charge in [-0.3, -0.25) is 4.79 Å². The van der Waals surface area contributed by atoms with Gasteiger partial charge in [-0.2, -0.15) is 8.78 Å². The van der Waals surface area contributed by atoms with Crippen LogP contribution in [0.25, 0.3) is 0 Å². The van der Waals surface area contributed by atoms with E-state index in [-0.39, 0.29) is 18.1 Å². The number of rotatable bonds is 11. The van der Waals surface area contributed by atoms with Gasteiger partial charge in [-0.15, -0.1) is 0 Å². The predicted octanol–water partition coefficient (Wildman–Crippen LogP) is 3.31. The van der Waals surface area contributed by atoms with Crippen LogP contribution in [0.1, 0.15) is 5.56 Å². The first kappa shape index (κ1) is 23.5. The van der Waals surface area contributed by atoms with E-state index in [0.29, 0.717) is 28.5 Å². The molecule has 0 aliphatic carbocycles. The van der Waals surface area contributed by atoms with E-state index in [2.05, 4.69) is 15.2 Å². The summed E-state index contributed by atoms with van der Waals surface area (Å²) in [6.07, 6.45) is 1.29. The van der Waals surface area contributed by atoms with Gasteiger partial charge in [0.15, 0.2) is 29.6 Å². The molecule has 31 heavy (non-hydrogen) atoms. The molecule has 2 aromatic carbocycles. The number of halogens is 2. The minimum Gasteiger partial charge on any atom is -0.493 e. The molecule has 0 atom stereocenters. The molecule has 0 bridgehead atoms. The third-order valence-corrected chi connectivity index (χ3v) is 3.82. The molecule has 1 amide bonds. The van der Waals surface area contributed by atoms with Crippen molar-refractivity contribution in [3.8, 4) is 28.7 Å². The van der Waals surface area contributed by atoms with Crippen LogP contribution in [-0.2, 0) is 9.63 Å². The minimum atomic E-state index is -2.97. The van der Waals surface area contributed by atoms with Crippen LogP contribution in [0.15, 0.2) is 35.5 Å². The molecule has 0 unspecified atom stereocenters. The molecule has 0 spiro atoms. The maximum absolute atomic E-state index is 12.4. The highest BCUT2D eigenvalue weighted by atomic mass is 19.3. The summed E-state index contributed by atoms with van der Waals surface area (Å²) < 4.78 is 49.7. The molecule has 168 valence electrons. The highest BCUT2D eigenvalue weighted by Crippen LogP contribution is 2.39. The van der Waals surface area contributed by atoms with Crippen LogP contribution >= 0.6 is 0 Å². The van der Waals surface area contributed by atoms with Crippen LogP contribution < -0.4 is 29.0 Å². The molecule has 1 N–H and O–H groups in total. The van der Waals surface area contributed by atoms with E-state index in [0.717, 1.165) is 0 Å². The van der Waals surface area contributed by atoms with Crippen molar-refractivity contribution < 1.29 is 42.1 Å². The Morgan fingerprint density at radius 3 is 2.16 bits per heavy atom. The number of nitrogens with one attached hydrogen (secondary N) is 1. The van der Waals surface area contributed by atoms with E-state index in [1.54, 1.807) is 12.1 Å². The number of oxime groups is 1. The smallest absolute Gasteiger partial charge is 0.387 e. The quantitative estimate of drug-likeness (QED) is 0.423. The summed E-state index contributed by atoms with van der Waals surface area (Å²) in [6.45, 7) is -3.35. The number of methoxy groups -OCH3 is 4. The summed E-state index contributed by atoms with van der Waals surface area (Å²) >= 11 is 0. The van der Waals surface area contributed by atoms with Crippen molar-refractivity contribution in [2.24, 2.45) is 5.16 Å². The number of nitrogens with zero attached hydrogens (tertiary/aromatic N) is 1. The van der Waals surface area contributed by atoms with Gasteiger partial charge in [0.2, 0.25) is 5.75 Å². The van der Waals surface area contributed by atoms with Gasteiger partial charge in [-0.25, -0.2) is 0 Å². The number of hydrogen-bond donors (Lipinski definition) is 1. The standard InChI is InChI=1S/C20H22F2N2O7/c1-26-15-7-12(5-6-14(15)31-20(21)22)10-23-30-11-18(25)24-13-8-16(27-2)19(29-4)17(9-13)28-3/h5-10,20H,11H2,1-4H3,(H,24,25)/b23-10+. The zero-order valence-electron chi connectivity index (χ0n) is 17.3. The largest absolute Gasteiger partial charge is 0.493 e. The SMILES string of the molecule is COc1cc(/C=N/OCC(=O)Nc2cc(OC)c(OC)c(OC)c2)ccc1OC(F)F. The molecule has 0 aliphatic heterocycles. The maximum Gasteiger partial charge on any atom is 0.387 e. The lowest BCUT2D eigenvalue weighted by molar-refractivity contribution is -0.120. The maximum atomic E-state index is 12.4. The predicted molar refractivity (Wildman–Crippen MR) is 108 cm³/mol. The number of ether oxygens (including phenoxy) is 5. The van der Waals surface area contributed by atoms with Gasteiger partial charge in [0.05, 0.1) is 34.7 Å². The second-order valence-corrected chi connectivity index (χ2v) is 5.76. The van der Waals surface area contributed by atoms with Crippen LogP contribution in [0.4, 0.5) is 14.5 Å². The Balaban J connectivity index is 1.96. The van der Waals surface area contributed by atoms with E-state index in [1.807, 2.05) is 0 Å². The van der Waals surface area contributed by atoms with Crippen molar-refractivity contribution in [1.29, 1.82) is 0 Å². The van der Waals surface area contributed by atoms with Gasteiger partial charge >= 0.3 is 6.61 Å². The lowest BCUT2D eigenvalue weighted by Crippen LogP contribution is -2.17. The first-order valence-corrected chi connectivity index (χ1v) is 8.79. The minimum absolute atomic E-state index is 0.101. The van der Waals surface area contributed by atoms with Crippen LogP contribution in [0, 0.1) is 0 Å². The monoisotopic (exact) mass is 440 g/mol. The van der Waals surface area contributed by atoms with Crippen molar-refractivity contribution in [3.05, 3.63) is 35.9 Å². The fourth-order valence-electron chi connectivity index (χ4n) is 2.50. The Morgan fingerprint density at radius 2 is 1.61 bits per heavy atom. The number of carbonyl (C=O) groups excluding carboxylic acids is 1. The molecular weight excluding hydrogens is 418 g/mol. The zero-order valence-corrected chi connectivity index (χ0v) is 17.3. The van der Waals surface area contributed by atoms with E-state index < -0.39 is 12.5 Å². The fourth-order valence-corrected chi connectivity index (χ4v) is 2.50. The van der Waals surface area contributed by atoms with E-state index >= 15 is 0 Å². The second-order valence-electron chi connectivity index (χ2n) is 5.76. The Morgan fingerprint density at radius 1 is 0.968 bits per heavy atom. The van der Waals surface area contributed by atoms with Crippen LogP contribution in [0.5, 0.6) is 28.7 Å². The van der Waals surface area contributed by atoms with Gasteiger partial charge in [0.1, 0.15) is 0 Å². The van der Waals surface area contributed by atoms with Gasteiger partial charge < -0.3 is 33.8 Å². The Hall–Kier alpha value is -3.76. The van der Waals surface area contributed by atoms with E-state index in [4.69, 9.17) is 23.8 Å². The Kier molecular flexibility index (Phi) is 8.67. The Labute approximate surface area is 177 Å². The molecule has 0 saturated carbocycles. The lowest BCUT2D eigenvalue weighted by Gasteiger charge is -2.14. The third-order valence-electron chi connectivity index (χ3n) is 3.82. The number of alkyl halides is 2. The first-order chi connectivity index (χ1) is 14.9. The molecule has 0 radical (unpaired) electrons. The van der Waals surface area contributed by atoms with E-state index in [1.165, 1.54) is 52.9 Å². The average molecular weight is 440 g/mol. The summed E-state index contributed by atoms with van der Waals surface area (Å²) in [5.74, 6) is 0.659. The molecule has 2 rings (SSSR count).